The fraction of sp³-hybridized carbons (Fsp3) is 0.0952. The third-order valence-corrected chi connectivity index (χ3v) is 4.61. The monoisotopic (exact) mass is 456 g/mol. The molecular formula is C21H17BrN2O5. The van der Waals surface area contributed by atoms with E-state index in [0.717, 1.165) is 4.90 Å². The number of benzene rings is 2. The third-order valence-electron chi connectivity index (χ3n) is 4.02. The van der Waals surface area contributed by atoms with Crippen LogP contribution < -0.4 is 19.7 Å². The summed E-state index contributed by atoms with van der Waals surface area (Å²) in [5.41, 5.74) is 0.697. The van der Waals surface area contributed by atoms with E-state index in [1.54, 1.807) is 48.5 Å². The normalized spacial score (nSPS) is 15.3. The number of ether oxygens (including phenoxy) is 2. The quantitative estimate of drug-likeness (QED) is 0.407. The topological polar surface area (TPSA) is 84.9 Å². The van der Waals surface area contributed by atoms with Gasteiger partial charge in [-0.1, -0.05) is 30.9 Å². The maximum atomic E-state index is 12.9. The number of hydrogen-bond donors (Lipinski definition) is 1. The van der Waals surface area contributed by atoms with Crippen molar-refractivity contribution in [1.82, 2.24) is 5.32 Å². The summed E-state index contributed by atoms with van der Waals surface area (Å²) in [5, 5.41) is 2.19. The molecule has 1 heterocycles. The van der Waals surface area contributed by atoms with Crippen molar-refractivity contribution < 1.29 is 23.9 Å². The van der Waals surface area contributed by atoms with Crippen molar-refractivity contribution in [2.45, 2.75) is 0 Å². The molecule has 0 radical (unpaired) electrons. The summed E-state index contributed by atoms with van der Waals surface area (Å²) in [6.07, 6.45) is 2.99. The van der Waals surface area contributed by atoms with Gasteiger partial charge in [-0.05, 0) is 51.8 Å². The molecule has 2 aromatic carbocycles. The standard InChI is InChI=1S/C21H17BrN2O5/c1-3-9-29-18-16(22)11-13(12-17(18)28-2)10-15-19(25)23-21(27)24(20(15)26)14-7-5-4-6-8-14/h3-8,10-12H,1,9H2,2H3,(H,23,25,27)/b15-10+. The molecule has 2 aromatic rings. The van der Waals surface area contributed by atoms with E-state index >= 15 is 0 Å². The van der Waals surface area contributed by atoms with Gasteiger partial charge in [0.05, 0.1) is 17.3 Å². The van der Waals surface area contributed by atoms with Gasteiger partial charge in [0.2, 0.25) is 0 Å². The van der Waals surface area contributed by atoms with Crippen LogP contribution in [0.3, 0.4) is 0 Å². The molecule has 0 unspecified atom stereocenters. The number of rotatable bonds is 6. The van der Waals surface area contributed by atoms with Crippen LogP contribution in [0.2, 0.25) is 0 Å². The summed E-state index contributed by atoms with van der Waals surface area (Å²) in [7, 11) is 1.48. The van der Waals surface area contributed by atoms with Crippen LogP contribution in [0, 0.1) is 0 Å². The van der Waals surface area contributed by atoms with Gasteiger partial charge < -0.3 is 9.47 Å². The molecule has 0 bridgehead atoms. The highest BCUT2D eigenvalue weighted by Crippen LogP contribution is 2.37. The van der Waals surface area contributed by atoms with Crippen LogP contribution in [0.4, 0.5) is 10.5 Å². The lowest BCUT2D eigenvalue weighted by atomic mass is 10.1. The average Bonchev–Trinajstić information content (AvgIpc) is 2.70. The highest BCUT2D eigenvalue weighted by atomic mass is 79.9. The Kier molecular flexibility index (Phi) is 6.13. The SMILES string of the molecule is C=CCOc1c(Br)cc(/C=C2\C(=O)NC(=O)N(c3ccccc3)C2=O)cc1OC. The minimum absolute atomic E-state index is 0.179. The van der Waals surface area contributed by atoms with Crippen LogP contribution in [0.5, 0.6) is 11.5 Å². The molecule has 1 aliphatic heterocycles. The second-order valence-corrected chi connectivity index (χ2v) is 6.78. The Morgan fingerprint density at radius 2 is 1.90 bits per heavy atom. The zero-order chi connectivity index (χ0) is 21.0. The molecule has 3 rings (SSSR count). The first-order chi connectivity index (χ1) is 14.0. The number of nitrogens with zero attached hydrogens (tertiary/aromatic N) is 1. The van der Waals surface area contributed by atoms with Crippen LogP contribution in [0.1, 0.15) is 5.56 Å². The molecule has 1 aliphatic rings. The predicted octanol–water partition coefficient (Wildman–Crippen LogP) is 3.69. The summed E-state index contributed by atoms with van der Waals surface area (Å²) in [6.45, 7) is 3.89. The molecule has 0 spiro atoms. The van der Waals surface area contributed by atoms with Crippen LogP contribution in [-0.2, 0) is 9.59 Å². The number of hydrogen-bond acceptors (Lipinski definition) is 5. The molecule has 7 nitrogen and oxygen atoms in total. The van der Waals surface area contributed by atoms with Gasteiger partial charge in [0.1, 0.15) is 12.2 Å². The van der Waals surface area contributed by atoms with E-state index in [1.165, 1.54) is 13.2 Å². The Morgan fingerprint density at radius 1 is 1.17 bits per heavy atom. The summed E-state index contributed by atoms with van der Waals surface area (Å²) in [4.78, 5) is 38.3. The third kappa shape index (κ3) is 4.22. The number of imide groups is 2. The van der Waals surface area contributed by atoms with Crippen molar-refractivity contribution in [1.29, 1.82) is 0 Å². The van der Waals surface area contributed by atoms with Crippen molar-refractivity contribution in [3.05, 3.63) is 70.7 Å². The number of carbonyl (C=O) groups is 3. The molecule has 8 heteroatoms. The Hall–Kier alpha value is -3.39. The Balaban J connectivity index is 2.01. The van der Waals surface area contributed by atoms with Crippen LogP contribution >= 0.6 is 15.9 Å². The van der Waals surface area contributed by atoms with Gasteiger partial charge >= 0.3 is 6.03 Å². The lowest BCUT2D eigenvalue weighted by Crippen LogP contribution is -2.54. The number of carbonyl (C=O) groups excluding carboxylic acids is 3. The van der Waals surface area contributed by atoms with Gasteiger partial charge in [0.15, 0.2) is 11.5 Å². The van der Waals surface area contributed by atoms with Crippen LogP contribution in [0.15, 0.2) is 65.2 Å². The Labute approximate surface area is 175 Å². The summed E-state index contributed by atoms with van der Waals surface area (Å²) >= 11 is 3.40. The first-order valence-electron chi connectivity index (χ1n) is 8.54. The molecule has 1 N–H and O–H groups in total. The van der Waals surface area contributed by atoms with Crippen LogP contribution in [0.25, 0.3) is 6.08 Å². The summed E-state index contributed by atoms with van der Waals surface area (Å²) in [5.74, 6) is -0.607. The zero-order valence-corrected chi connectivity index (χ0v) is 17.1. The lowest BCUT2D eigenvalue weighted by molar-refractivity contribution is -0.122. The average molecular weight is 457 g/mol. The largest absolute Gasteiger partial charge is 0.493 e. The number of nitrogens with one attached hydrogen (secondary N) is 1. The van der Waals surface area contributed by atoms with Gasteiger partial charge in [0.25, 0.3) is 11.8 Å². The Morgan fingerprint density at radius 3 is 2.55 bits per heavy atom. The smallest absolute Gasteiger partial charge is 0.335 e. The molecule has 0 aromatic heterocycles. The van der Waals surface area contributed by atoms with Crippen molar-refractivity contribution in [3.8, 4) is 11.5 Å². The number of para-hydroxylation sites is 1. The Bertz CT molecular complexity index is 1020. The van der Waals surface area contributed by atoms with Gasteiger partial charge in [-0.2, -0.15) is 0 Å². The van der Waals surface area contributed by atoms with E-state index in [-0.39, 0.29) is 12.2 Å². The van der Waals surface area contributed by atoms with Crippen LogP contribution in [-0.4, -0.2) is 31.6 Å². The highest BCUT2D eigenvalue weighted by Gasteiger charge is 2.36. The van der Waals surface area contributed by atoms with Gasteiger partial charge in [-0.3, -0.25) is 14.9 Å². The fourth-order valence-electron chi connectivity index (χ4n) is 2.74. The van der Waals surface area contributed by atoms with E-state index in [4.69, 9.17) is 9.47 Å². The number of barbiturate groups is 1. The van der Waals surface area contributed by atoms with Gasteiger partial charge in [-0.25, -0.2) is 9.69 Å². The molecule has 0 saturated carbocycles. The molecule has 148 valence electrons. The van der Waals surface area contributed by atoms with Crippen molar-refractivity contribution in [2.75, 3.05) is 18.6 Å². The van der Waals surface area contributed by atoms with E-state index in [1.807, 2.05) is 0 Å². The number of amides is 4. The molecule has 0 atom stereocenters. The maximum absolute atomic E-state index is 12.9. The molecule has 29 heavy (non-hydrogen) atoms. The lowest BCUT2D eigenvalue weighted by Gasteiger charge is -2.26. The summed E-state index contributed by atoms with van der Waals surface area (Å²) < 4.78 is 11.5. The molecule has 1 saturated heterocycles. The second-order valence-electron chi connectivity index (χ2n) is 5.93. The fourth-order valence-corrected chi connectivity index (χ4v) is 3.32. The van der Waals surface area contributed by atoms with Crippen molar-refractivity contribution in [2.24, 2.45) is 0 Å². The number of anilines is 1. The molecular weight excluding hydrogens is 440 g/mol. The van der Waals surface area contributed by atoms with Crippen molar-refractivity contribution >= 4 is 45.5 Å². The van der Waals surface area contributed by atoms with E-state index in [2.05, 4.69) is 27.8 Å². The predicted molar refractivity (Wildman–Crippen MR) is 112 cm³/mol. The molecule has 0 aliphatic carbocycles. The first-order valence-corrected chi connectivity index (χ1v) is 9.33. The number of urea groups is 1. The zero-order valence-electron chi connectivity index (χ0n) is 15.5. The highest BCUT2D eigenvalue weighted by molar-refractivity contribution is 9.10. The first kappa shape index (κ1) is 20.3. The van der Waals surface area contributed by atoms with Crippen molar-refractivity contribution in [3.63, 3.8) is 0 Å². The second kappa shape index (κ2) is 8.74. The number of methoxy groups -OCH3 is 1. The van der Waals surface area contributed by atoms with E-state index in [0.29, 0.717) is 27.2 Å². The molecule has 4 amide bonds. The minimum Gasteiger partial charge on any atom is -0.493 e. The number of halogens is 1. The maximum Gasteiger partial charge on any atom is 0.335 e. The molecule has 1 fully saturated rings. The van der Waals surface area contributed by atoms with Gasteiger partial charge in [-0.15, -0.1) is 0 Å². The summed E-state index contributed by atoms with van der Waals surface area (Å²) in [6, 6.07) is 10.9. The van der Waals surface area contributed by atoms with E-state index < -0.39 is 17.8 Å². The van der Waals surface area contributed by atoms with Gasteiger partial charge in [0, 0.05) is 0 Å². The van der Waals surface area contributed by atoms with E-state index in [9.17, 15) is 14.4 Å². The minimum atomic E-state index is -0.796.